The van der Waals surface area contributed by atoms with Crippen molar-refractivity contribution < 1.29 is 0 Å². The average molecular weight is 245 g/mol. The van der Waals surface area contributed by atoms with Crippen molar-refractivity contribution in [1.82, 2.24) is 10.3 Å². The fourth-order valence-corrected chi connectivity index (χ4v) is 2.19. The van der Waals surface area contributed by atoms with E-state index in [0.717, 1.165) is 19.6 Å². The van der Waals surface area contributed by atoms with Crippen molar-refractivity contribution in [3.8, 4) is 0 Å². The SMILES string of the molecule is C=CCN(c1cnccc1CNCCC)C1CC1. The van der Waals surface area contributed by atoms with Crippen molar-refractivity contribution in [3.63, 3.8) is 0 Å². The maximum atomic E-state index is 4.28. The number of nitrogens with one attached hydrogen (secondary N) is 1. The van der Waals surface area contributed by atoms with E-state index in [9.17, 15) is 0 Å². The van der Waals surface area contributed by atoms with E-state index in [1.807, 2.05) is 18.5 Å². The van der Waals surface area contributed by atoms with E-state index in [0.29, 0.717) is 6.04 Å². The summed E-state index contributed by atoms with van der Waals surface area (Å²) in [6, 6.07) is 2.81. The fraction of sp³-hybridized carbons (Fsp3) is 0.533. The van der Waals surface area contributed by atoms with Crippen LogP contribution in [-0.2, 0) is 6.54 Å². The van der Waals surface area contributed by atoms with Gasteiger partial charge >= 0.3 is 0 Å². The van der Waals surface area contributed by atoms with Crippen LogP contribution in [0.15, 0.2) is 31.1 Å². The Hall–Kier alpha value is -1.35. The van der Waals surface area contributed by atoms with Crippen LogP contribution in [0.5, 0.6) is 0 Å². The van der Waals surface area contributed by atoms with Gasteiger partial charge in [-0.25, -0.2) is 0 Å². The standard InChI is InChI=1S/C15H23N3/c1-3-8-16-11-13-7-9-17-12-15(13)18(10-4-2)14-5-6-14/h4,7,9,12,14,16H,2-3,5-6,8,10-11H2,1H3. The topological polar surface area (TPSA) is 28.2 Å². The molecule has 0 aliphatic heterocycles. The second kappa shape index (κ2) is 6.55. The molecule has 1 aromatic heterocycles. The maximum absolute atomic E-state index is 4.28. The molecule has 3 nitrogen and oxygen atoms in total. The van der Waals surface area contributed by atoms with Crippen molar-refractivity contribution in [2.24, 2.45) is 0 Å². The predicted molar refractivity (Wildman–Crippen MR) is 76.8 cm³/mol. The zero-order chi connectivity index (χ0) is 12.8. The zero-order valence-electron chi connectivity index (χ0n) is 11.2. The van der Waals surface area contributed by atoms with E-state index in [1.165, 1.54) is 30.5 Å². The number of anilines is 1. The molecule has 1 aromatic rings. The van der Waals surface area contributed by atoms with Crippen LogP contribution in [0.4, 0.5) is 5.69 Å². The summed E-state index contributed by atoms with van der Waals surface area (Å²) in [6.07, 6.45) is 9.61. The van der Waals surface area contributed by atoms with Crippen LogP contribution in [0.2, 0.25) is 0 Å². The van der Waals surface area contributed by atoms with Gasteiger partial charge in [-0.2, -0.15) is 0 Å². The molecule has 98 valence electrons. The van der Waals surface area contributed by atoms with Crippen molar-refractivity contribution in [3.05, 3.63) is 36.7 Å². The molecule has 0 amide bonds. The lowest BCUT2D eigenvalue weighted by atomic mass is 10.2. The van der Waals surface area contributed by atoms with Crippen LogP contribution in [0.1, 0.15) is 31.7 Å². The molecule has 0 atom stereocenters. The molecular weight excluding hydrogens is 222 g/mol. The molecule has 1 saturated carbocycles. The number of nitrogens with zero attached hydrogens (tertiary/aromatic N) is 2. The average Bonchev–Trinajstić information content (AvgIpc) is 3.21. The molecule has 0 saturated heterocycles. The highest BCUT2D eigenvalue weighted by Crippen LogP contribution is 2.32. The first-order chi connectivity index (χ1) is 8.86. The molecule has 0 spiro atoms. The summed E-state index contributed by atoms with van der Waals surface area (Å²) in [5.41, 5.74) is 2.61. The Bertz CT molecular complexity index is 385. The quantitative estimate of drug-likeness (QED) is 0.564. The first kappa shape index (κ1) is 13.1. The van der Waals surface area contributed by atoms with Gasteiger partial charge in [-0.3, -0.25) is 4.98 Å². The Morgan fingerprint density at radius 1 is 1.56 bits per heavy atom. The number of hydrogen-bond acceptors (Lipinski definition) is 3. The minimum absolute atomic E-state index is 0.692. The number of aromatic nitrogens is 1. The highest BCUT2D eigenvalue weighted by molar-refractivity contribution is 5.54. The van der Waals surface area contributed by atoms with Crippen LogP contribution in [-0.4, -0.2) is 24.1 Å². The van der Waals surface area contributed by atoms with Crippen LogP contribution >= 0.6 is 0 Å². The Morgan fingerprint density at radius 3 is 3.06 bits per heavy atom. The Kier molecular flexibility index (Phi) is 4.76. The molecule has 0 aromatic carbocycles. The fourth-order valence-electron chi connectivity index (χ4n) is 2.19. The van der Waals surface area contributed by atoms with Gasteiger partial charge < -0.3 is 10.2 Å². The lowest BCUT2D eigenvalue weighted by molar-refractivity contribution is 0.672. The number of hydrogen-bond donors (Lipinski definition) is 1. The second-order valence-electron chi connectivity index (χ2n) is 4.85. The summed E-state index contributed by atoms with van der Waals surface area (Å²) in [5, 5.41) is 3.47. The second-order valence-corrected chi connectivity index (χ2v) is 4.85. The molecule has 0 radical (unpaired) electrons. The third-order valence-corrected chi connectivity index (χ3v) is 3.25. The largest absolute Gasteiger partial charge is 0.363 e. The van der Waals surface area contributed by atoms with Crippen LogP contribution in [0.25, 0.3) is 0 Å². The van der Waals surface area contributed by atoms with Gasteiger partial charge in [-0.15, -0.1) is 6.58 Å². The Balaban J connectivity index is 2.11. The Labute approximate surface area is 110 Å². The van der Waals surface area contributed by atoms with Crippen molar-refractivity contribution >= 4 is 5.69 Å². The third kappa shape index (κ3) is 3.33. The normalized spacial score (nSPS) is 14.5. The zero-order valence-corrected chi connectivity index (χ0v) is 11.2. The monoisotopic (exact) mass is 245 g/mol. The molecule has 2 rings (SSSR count). The van der Waals surface area contributed by atoms with E-state index in [-0.39, 0.29) is 0 Å². The van der Waals surface area contributed by atoms with Crippen LogP contribution in [0, 0.1) is 0 Å². The first-order valence-corrected chi connectivity index (χ1v) is 6.88. The van der Waals surface area contributed by atoms with Crippen LogP contribution in [0.3, 0.4) is 0 Å². The van der Waals surface area contributed by atoms with E-state index in [4.69, 9.17) is 0 Å². The van der Waals surface area contributed by atoms with Gasteiger partial charge in [0.15, 0.2) is 0 Å². The Morgan fingerprint density at radius 2 is 2.39 bits per heavy atom. The summed E-state index contributed by atoms with van der Waals surface area (Å²) in [6.45, 7) is 8.95. The molecule has 1 aliphatic rings. The summed E-state index contributed by atoms with van der Waals surface area (Å²) in [7, 11) is 0. The summed E-state index contributed by atoms with van der Waals surface area (Å²) < 4.78 is 0. The van der Waals surface area contributed by atoms with Crippen molar-refractivity contribution in [2.45, 2.75) is 38.8 Å². The molecule has 1 heterocycles. The van der Waals surface area contributed by atoms with Gasteiger partial charge in [0.2, 0.25) is 0 Å². The molecule has 1 N–H and O–H groups in total. The molecule has 1 fully saturated rings. The van der Waals surface area contributed by atoms with E-state index < -0.39 is 0 Å². The molecule has 3 heteroatoms. The first-order valence-electron chi connectivity index (χ1n) is 6.88. The van der Waals surface area contributed by atoms with Crippen molar-refractivity contribution in [1.29, 1.82) is 0 Å². The smallest absolute Gasteiger partial charge is 0.0603 e. The summed E-state index contributed by atoms with van der Waals surface area (Å²) >= 11 is 0. The molecule has 0 bridgehead atoms. The number of pyridine rings is 1. The highest BCUT2D eigenvalue weighted by Gasteiger charge is 2.29. The minimum Gasteiger partial charge on any atom is -0.363 e. The highest BCUT2D eigenvalue weighted by atomic mass is 15.2. The third-order valence-electron chi connectivity index (χ3n) is 3.25. The summed E-state index contributed by atoms with van der Waals surface area (Å²) in [5.74, 6) is 0. The molecular formula is C15H23N3. The van der Waals surface area contributed by atoms with Crippen LogP contribution < -0.4 is 10.2 Å². The van der Waals surface area contributed by atoms with E-state index in [1.54, 1.807) is 0 Å². The lowest BCUT2D eigenvalue weighted by Crippen LogP contribution is -2.28. The van der Waals surface area contributed by atoms with Gasteiger partial charge in [0.25, 0.3) is 0 Å². The van der Waals surface area contributed by atoms with Gasteiger partial charge in [0.1, 0.15) is 0 Å². The van der Waals surface area contributed by atoms with Gasteiger partial charge in [0.05, 0.1) is 11.9 Å². The van der Waals surface area contributed by atoms with E-state index >= 15 is 0 Å². The molecule has 18 heavy (non-hydrogen) atoms. The number of rotatable bonds is 8. The lowest BCUT2D eigenvalue weighted by Gasteiger charge is -2.25. The predicted octanol–water partition coefficient (Wildman–Crippen LogP) is 2.74. The molecule has 1 aliphatic carbocycles. The summed E-state index contributed by atoms with van der Waals surface area (Å²) in [4.78, 5) is 6.72. The van der Waals surface area contributed by atoms with Gasteiger partial charge in [0, 0.05) is 25.3 Å². The van der Waals surface area contributed by atoms with Crippen molar-refractivity contribution in [2.75, 3.05) is 18.0 Å². The minimum atomic E-state index is 0.692. The van der Waals surface area contributed by atoms with Gasteiger partial charge in [-0.05, 0) is 37.4 Å². The maximum Gasteiger partial charge on any atom is 0.0603 e. The van der Waals surface area contributed by atoms with Gasteiger partial charge in [-0.1, -0.05) is 13.0 Å². The van der Waals surface area contributed by atoms with E-state index in [2.05, 4.69) is 34.8 Å². The molecule has 0 unspecified atom stereocenters.